The standard InChI is InChI=1S/C10H9BrO2S/c11-8-1-3-13-10(8)9(12)5-7-2-4-14-6-7/h1-4,6,9,12H,5H2. The van der Waals surface area contributed by atoms with Crippen LogP contribution >= 0.6 is 27.3 Å². The molecule has 1 unspecified atom stereocenters. The highest BCUT2D eigenvalue weighted by Crippen LogP contribution is 2.27. The van der Waals surface area contributed by atoms with E-state index in [0.29, 0.717) is 12.2 Å². The SMILES string of the molecule is OC(Cc1ccsc1)c1occc1Br. The first-order chi connectivity index (χ1) is 6.77. The molecule has 0 aliphatic heterocycles. The average Bonchev–Trinajstić information content (AvgIpc) is 2.75. The monoisotopic (exact) mass is 272 g/mol. The van der Waals surface area contributed by atoms with Crippen LogP contribution in [0.25, 0.3) is 0 Å². The molecule has 1 N–H and O–H groups in total. The summed E-state index contributed by atoms with van der Waals surface area (Å²) < 4.78 is 6.00. The predicted molar refractivity (Wildman–Crippen MR) is 59.4 cm³/mol. The lowest BCUT2D eigenvalue weighted by atomic mass is 10.1. The molecule has 0 saturated carbocycles. The van der Waals surface area contributed by atoms with Crippen LogP contribution in [0.2, 0.25) is 0 Å². The highest BCUT2D eigenvalue weighted by atomic mass is 79.9. The number of rotatable bonds is 3. The molecule has 2 rings (SSSR count). The van der Waals surface area contributed by atoms with Gasteiger partial charge >= 0.3 is 0 Å². The highest BCUT2D eigenvalue weighted by molar-refractivity contribution is 9.10. The maximum absolute atomic E-state index is 9.84. The number of thiophene rings is 1. The van der Waals surface area contributed by atoms with Gasteiger partial charge in [0.1, 0.15) is 11.9 Å². The van der Waals surface area contributed by atoms with E-state index >= 15 is 0 Å². The van der Waals surface area contributed by atoms with Gasteiger partial charge in [-0.3, -0.25) is 0 Å². The van der Waals surface area contributed by atoms with Gasteiger partial charge in [0.05, 0.1) is 10.7 Å². The van der Waals surface area contributed by atoms with E-state index in [2.05, 4.69) is 15.9 Å². The van der Waals surface area contributed by atoms with E-state index in [1.165, 1.54) is 0 Å². The molecule has 4 heteroatoms. The van der Waals surface area contributed by atoms with Crippen LogP contribution in [0.4, 0.5) is 0 Å². The van der Waals surface area contributed by atoms with Crippen LogP contribution in [0, 0.1) is 0 Å². The van der Waals surface area contributed by atoms with Gasteiger partial charge in [-0.05, 0) is 44.4 Å². The summed E-state index contributed by atoms with van der Waals surface area (Å²) in [4.78, 5) is 0. The summed E-state index contributed by atoms with van der Waals surface area (Å²) in [5, 5.41) is 13.9. The molecule has 0 amide bonds. The second kappa shape index (κ2) is 4.29. The Labute approximate surface area is 94.3 Å². The predicted octanol–water partition coefficient (Wildman–Crippen LogP) is 3.38. The first-order valence-electron chi connectivity index (χ1n) is 4.19. The van der Waals surface area contributed by atoms with Gasteiger partial charge in [0.2, 0.25) is 0 Å². The zero-order chi connectivity index (χ0) is 9.97. The Morgan fingerprint density at radius 3 is 2.93 bits per heavy atom. The fourth-order valence-electron chi connectivity index (χ4n) is 1.27. The van der Waals surface area contributed by atoms with Crippen molar-refractivity contribution in [3.63, 3.8) is 0 Å². The van der Waals surface area contributed by atoms with E-state index in [1.54, 1.807) is 23.7 Å². The van der Waals surface area contributed by atoms with Crippen molar-refractivity contribution in [1.29, 1.82) is 0 Å². The molecule has 1 atom stereocenters. The minimum atomic E-state index is -0.575. The molecule has 74 valence electrons. The van der Waals surface area contributed by atoms with Crippen LogP contribution in [0.3, 0.4) is 0 Å². The van der Waals surface area contributed by atoms with Crippen molar-refractivity contribution in [1.82, 2.24) is 0 Å². The zero-order valence-electron chi connectivity index (χ0n) is 7.31. The summed E-state index contributed by atoms with van der Waals surface area (Å²) in [7, 11) is 0. The summed E-state index contributed by atoms with van der Waals surface area (Å²) >= 11 is 4.95. The van der Waals surface area contributed by atoms with Crippen molar-refractivity contribution in [2.45, 2.75) is 12.5 Å². The number of furan rings is 1. The maximum Gasteiger partial charge on any atom is 0.146 e. The van der Waals surface area contributed by atoms with E-state index in [1.807, 2.05) is 16.8 Å². The molecule has 0 spiro atoms. The molecule has 2 nitrogen and oxygen atoms in total. The molecule has 2 heterocycles. The lowest BCUT2D eigenvalue weighted by Crippen LogP contribution is -1.99. The van der Waals surface area contributed by atoms with Crippen molar-refractivity contribution >= 4 is 27.3 Å². The van der Waals surface area contributed by atoms with Crippen molar-refractivity contribution in [3.05, 3.63) is 45.0 Å². The highest BCUT2D eigenvalue weighted by Gasteiger charge is 2.15. The van der Waals surface area contributed by atoms with E-state index in [-0.39, 0.29) is 0 Å². The summed E-state index contributed by atoms with van der Waals surface area (Å²) in [6, 6.07) is 3.79. The first-order valence-corrected chi connectivity index (χ1v) is 5.93. The molecule has 0 bridgehead atoms. The van der Waals surface area contributed by atoms with Crippen LogP contribution in [-0.2, 0) is 6.42 Å². The number of halogens is 1. The summed E-state index contributed by atoms with van der Waals surface area (Å²) in [5.41, 5.74) is 1.13. The minimum Gasteiger partial charge on any atom is -0.465 e. The second-order valence-electron chi connectivity index (χ2n) is 2.98. The third kappa shape index (κ3) is 2.08. The third-order valence-corrected chi connectivity index (χ3v) is 3.34. The summed E-state index contributed by atoms with van der Waals surface area (Å²) in [6.45, 7) is 0. The van der Waals surface area contributed by atoms with Gasteiger partial charge in [0.25, 0.3) is 0 Å². The number of aliphatic hydroxyl groups is 1. The molecular weight excluding hydrogens is 264 g/mol. The van der Waals surface area contributed by atoms with Gasteiger partial charge in [0.15, 0.2) is 0 Å². The van der Waals surface area contributed by atoms with E-state index in [9.17, 15) is 5.11 Å². The van der Waals surface area contributed by atoms with E-state index < -0.39 is 6.10 Å². The van der Waals surface area contributed by atoms with Crippen molar-refractivity contribution in [2.24, 2.45) is 0 Å². The number of hydrogen-bond acceptors (Lipinski definition) is 3. The van der Waals surface area contributed by atoms with Crippen molar-refractivity contribution in [2.75, 3.05) is 0 Å². The van der Waals surface area contributed by atoms with Gasteiger partial charge in [-0.15, -0.1) is 0 Å². The van der Waals surface area contributed by atoms with Gasteiger partial charge < -0.3 is 9.52 Å². The molecule has 0 aliphatic carbocycles. The topological polar surface area (TPSA) is 33.4 Å². The largest absolute Gasteiger partial charge is 0.465 e. The van der Waals surface area contributed by atoms with Crippen LogP contribution in [0.15, 0.2) is 38.0 Å². The van der Waals surface area contributed by atoms with Crippen molar-refractivity contribution < 1.29 is 9.52 Å². The van der Waals surface area contributed by atoms with Crippen LogP contribution in [0.5, 0.6) is 0 Å². The normalized spacial score (nSPS) is 13.0. The molecule has 0 aromatic carbocycles. The lowest BCUT2D eigenvalue weighted by molar-refractivity contribution is 0.149. The van der Waals surface area contributed by atoms with Gasteiger partial charge in [-0.1, -0.05) is 0 Å². The fourth-order valence-corrected chi connectivity index (χ4v) is 2.42. The second-order valence-corrected chi connectivity index (χ2v) is 4.62. The number of hydrogen-bond donors (Lipinski definition) is 1. The van der Waals surface area contributed by atoms with Crippen LogP contribution < -0.4 is 0 Å². The quantitative estimate of drug-likeness (QED) is 0.930. The molecule has 0 saturated heterocycles. The van der Waals surface area contributed by atoms with Gasteiger partial charge in [0, 0.05) is 6.42 Å². The Kier molecular flexibility index (Phi) is 3.05. The fraction of sp³-hybridized carbons (Fsp3) is 0.200. The molecule has 0 fully saturated rings. The number of aliphatic hydroxyl groups excluding tert-OH is 1. The van der Waals surface area contributed by atoms with E-state index in [4.69, 9.17) is 4.42 Å². The summed E-state index contributed by atoms with van der Waals surface area (Å²) in [6.07, 6.45) is 1.58. The Balaban J connectivity index is 2.10. The maximum atomic E-state index is 9.84. The Hall–Kier alpha value is -0.580. The molecular formula is C10H9BrO2S. The molecule has 14 heavy (non-hydrogen) atoms. The van der Waals surface area contributed by atoms with Crippen LogP contribution in [0.1, 0.15) is 17.4 Å². The average molecular weight is 273 g/mol. The van der Waals surface area contributed by atoms with Crippen molar-refractivity contribution in [3.8, 4) is 0 Å². The molecule has 0 radical (unpaired) electrons. The Morgan fingerprint density at radius 1 is 1.50 bits per heavy atom. The molecule has 2 aromatic heterocycles. The van der Waals surface area contributed by atoms with Gasteiger partial charge in [-0.25, -0.2) is 0 Å². The smallest absolute Gasteiger partial charge is 0.146 e. The van der Waals surface area contributed by atoms with E-state index in [0.717, 1.165) is 10.0 Å². The minimum absolute atomic E-state index is 0.575. The Morgan fingerprint density at radius 2 is 2.36 bits per heavy atom. The summed E-state index contributed by atoms with van der Waals surface area (Å²) in [5.74, 6) is 0.594. The first kappa shape index (κ1) is 9.96. The third-order valence-electron chi connectivity index (χ3n) is 1.96. The molecule has 0 aliphatic rings. The Bertz CT molecular complexity index is 394. The van der Waals surface area contributed by atoms with Gasteiger partial charge in [-0.2, -0.15) is 11.3 Å². The zero-order valence-corrected chi connectivity index (χ0v) is 9.72. The molecule has 2 aromatic rings. The lowest BCUT2D eigenvalue weighted by Gasteiger charge is -2.06. The van der Waals surface area contributed by atoms with Crippen LogP contribution in [-0.4, -0.2) is 5.11 Å².